The maximum atomic E-state index is 3.60. The van der Waals surface area contributed by atoms with Gasteiger partial charge in [0.05, 0.1) is 0 Å². The van der Waals surface area contributed by atoms with Crippen molar-refractivity contribution < 1.29 is 0 Å². The number of rotatable bonds is 7. The molecule has 0 heterocycles. The van der Waals surface area contributed by atoms with Crippen LogP contribution in [0.2, 0.25) is 0 Å². The van der Waals surface area contributed by atoms with E-state index in [4.69, 9.17) is 0 Å². The summed E-state index contributed by atoms with van der Waals surface area (Å²) >= 11 is 0. The molecule has 0 aromatic heterocycles. The smallest absolute Gasteiger partial charge is 0.0164 e. The molecule has 0 amide bonds. The van der Waals surface area contributed by atoms with Gasteiger partial charge in [-0.2, -0.15) is 0 Å². The maximum Gasteiger partial charge on any atom is 0.0164 e. The summed E-state index contributed by atoms with van der Waals surface area (Å²) in [4.78, 5) is 0. The summed E-state index contributed by atoms with van der Waals surface area (Å²) in [6.07, 6.45) is 7.26. The highest BCUT2D eigenvalue weighted by Crippen LogP contribution is 2.26. The minimum Gasteiger partial charge on any atom is -0.313 e. The van der Waals surface area contributed by atoms with Crippen molar-refractivity contribution in [3.63, 3.8) is 0 Å². The Bertz CT molecular complexity index is 151. The number of hydrogen-bond acceptors (Lipinski definition) is 2. The fraction of sp³-hybridized carbons (Fsp3) is 1.00. The van der Waals surface area contributed by atoms with Crippen molar-refractivity contribution in [3.8, 4) is 0 Å². The Balaban J connectivity index is 1.93. The molecule has 1 aliphatic carbocycles. The Hall–Kier alpha value is -0.0800. The first-order valence-corrected chi connectivity index (χ1v) is 6.65. The van der Waals surface area contributed by atoms with Gasteiger partial charge < -0.3 is 10.6 Å². The largest absolute Gasteiger partial charge is 0.313 e. The first-order valence-electron chi connectivity index (χ1n) is 6.65. The van der Waals surface area contributed by atoms with Crippen LogP contribution in [0.4, 0.5) is 0 Å². The molecular weight excluding hydrogens is 184 g/mol. The highest BCUT2D eigenvalue weighted by Gasteiger charge is 2.14. The van der Waals surface area contributed by atoms with E-state index in [9.17, 15) is 0 Å². The van der Waals surface area contributed by atoms with E-state index in [-0.39, 0.29) is 0 Å². The van der Waals surface area contributed by atoms with E-state index in [1.165, 1.54) is 38.6 Å². The summed E-state index contributed by atoms with van der Waals surface area (Å²) in [5.41, 5.74) is 0. The van der Waals surface area contributed by atoms with Crippen molar-refractivity contribution in [3.05, 3.63) is 0 Å². The zero-order valence-corrected chi connectivity index (χ0v) is 10.7. The standard InChI is InChI=1S/C13H28N2/c1-11(2)15-10-12(3)14-9-8-13-6-4-5-7-13/h11-15H,4-10H2,1-3H3. The molecule has 2 heteroatoms. The van der Waals surface area contributed by atoms with Crippen molar-refractivity contribution >= 4 is 0 Å². The summed E-state index contributed by atoms with van der Waals surface area (Å²) in [6, 6.07) is 1.21. The van der Waals surface area contributed by atoms with Crippen molar-refractivity contribution in [2.24, 2.45) is 5.92 Å². The van der Waals surface area contributed by atoms with Crippen LogP contribution < -0.4 is 10.6 Å². The van der Waals surface area contributed by atoms with Gasteiger partial charge in [-0.05, 0) is 25.8 Å². The van der Waals surface area contributed by atoms with Crippen LogP contribution in [0.25, 0.3) is 0 Å². The highest BCUT2D eigenvalue weighted by molar-refractivity contribution is 4.71. The molecule has 1 unspecified atom stereocenters. The zero-order chi connectivity index (χ0) is 11.1. The van der Waals surface area contributed by atoms with Gasteiger partial charge in [-0.3, -0.25) is 0 Å². The molecule has 0 spiro atoms. The molecule has 1 saturated carbocycles. The van der Waals surface area contributed by atoms with Crippen molar-refractivity contribution in [1.82, 2.24) is 10.6 Å². The molecule has 2 N–H and O–H groups in total. The van der Waals surface area contributed by atoms with Crippen LogP contribution in [0.3, 0.4) is 0 Å². The minimum atomic E-state index is 0.601. The third-order valence-electron chi connectivity index (χ3n) is 3.35. The average Bonchev–Trinajstić information content (AvgIpc) is 2.67. The van der Waals surface area contributed by atoms with Crippen LogP contribution in [0.15, 0.2) is 0 Å². The Morgan fingerprint density at radius 3 is 2.33 bits per heavy atom. The molecule has 15 heavy (non-hydrogen) atoms. The van der Waals surface area contributed by atoms with E-state index in [0.29, 0.717) is 12.1 Å². The van der Waals surface area contributed by atoms with Crippen LogP contribution in [0, 0.1) is 5.92 Å². The predicted molar refractivity (Wildman–Crippen MR) is 67.2 cm³/mol. The minimum absolute atomic E-state index is 0.601. The van der Waals surface area contributed by atoms with Crippen LogP contribution in [0.1, 0.15) is 52.9 Å². The molecule has 1 rings (SSSR count). The van der Waals surface area contributed by atoms with Gasteiger partial charge in [0.15, 0.2) is 0 Å². The lowest BCUT2D eigenvalue weighted by molar-refractivity contribution is 0.428. The van der Waals surface area contributed by atoms with Crippen LogP contribution in [-0.2, 0) is 0 Å². The molecule has 1 aliphatic rings. The van der Waals surface area contributed by atoms with Gasteiger partial charge in [-0.25, -0.2) is 0 Å². The quantitative estimate of drug-likeness (QED) is 0.678. The summed E-state index contributed by atoms with van der Waals surface area (Å²) in [6.45, 7) is 8.95. The SMILES string of the molecule is CC(C)NCC(C)NCCC1CCCC1. The van der Waals surface area contributed by atoms with Gasteiger partial charge in [-0.1, -0.05) is 39.5 Å². The molecule has 0 saturated heterocycles. The third-order valence-corrected chi connectivity index (χ3v) is 3.35. The van der Waals surface area contributed by atoms with Crippen LogP contribution in [-0.4, -0.2) is 25.2 Å². The summed E-state index contributed by atoms with van der Waals surface area (Å²) in [5, 5.41) is 7.06. The van der Waals surface area contributed by atoms with Crippen molar-refractivity contribution in [2.75, 3.05) is 13.1 Å². The lowest BCUT2D eigenvalue weighted by atomic mass is 10.0. The van der Waals surface area contributed by atoms with Gasteiger partial charge in [0.25, 0.3) is 0 Å². The Morgan fingerprint density at radius 2 is 1.73 bits per heavy atom. The maximum absolute atomic E-state index is 3.60. The van der Waals surface area contributed by atoms with E-state index in [2.05, 4.69) is 31.4 Å². The lowest BCUT2D eigenvalue weighted by Crippen LogP contribution is -2.39. The normalized spacial score (nSPS) is 20.0. The topological polar surface area (TPSA) is 24.1 Å². The van der Waals surface area contributed by atoms with E-state index < -0.39 is 0 Å². The zero-order valence-electron chi connectivity index (χ0n) is 10.7. The predicted octanol–water partition coefficient (Wildman–Crippen LogP) is 2.54. The third kappa shape index (κ3) is 6.16. The van der Waals surface area contributed by atoms with Gasteiger partial charge >= 0.3 is 0 Å². The van der Waals surface area contributed by atoms with Gasteiger partial charge in [0.1, 0.15) is 0 Å². The summed E-state index contributed by atoms with van der Waals surface area (Å²) < 4.78 is 0. The molecule has 0 radical (unpaired) electrons. The molecule has 0 aromatic rings. The van der Waals surface area contributed by atoms with Gasteiger partial charge in [-0.15, -0.1) is 0 Å². The second kappa shape index (κ2) is 7.24. The molecule has 0 aromatic carbocycles. The fourth-order valence-corrected chi connectivity index (χ4v) is 2.32. The molecular formula is C13H28N2. The fourth-order valence-electron chi connectivity index (χ4n) is 2.32. The van der Waals surface area contributed by atoms with Gasteiger partial charge in [0.2, 0.25) is 0 Å². The lowest BCUT2D eigenvalue weighted by Gasteiger charge is -2.17. The molecule has 1 atom stereocenters. The highest BCUT2D eigenvalue weighted by atomic mass is 15.0. The Kier molecular flexibility index (Phi) is 6.26. The first-order chi connectivity index (χ1) is 7.18. The van der Waals surface area contributed by atoms with Crippen molar-refractivity contribution in [2.45, 2.75) is 65.0 Å². The van der Waals surface area contributed by atoms with Gasteiger partial charge in [0, 0.05) is 18.6 Å². The van der Waals surface area contributed by atoms with Crippen LogP contribution >= 0.6 is 0 Å². The molecule has 0 bridgehead atoms. The number of nitrogens with one attached hydrogen (secondary N) is 2. The number of hydrogen-bond donors (Lipinski definition) is 2. The molecule has 0 aliphatic heterocycles. The average molecular weight is 212 g/mol. The molecule has 1 fully saturated rings. The second-order valence-electron chi connectivity index (χ2n) is 5.36. The van der Waals surface area contributed by atoms with Crippen molar-refractivity contribution in [1.29, 1.82) is 0 Å². The van der Waals surface area contributed by atoms with E-state index in [1.54, 1.807) is 0 Å². The van der Waals surface area contributed by atoms with E-state index in [1.807, 2.05) is 0 Å². The first kappa shape index (κ1) is 13.0. The Morgan fingerprint density at radius 1 is 1.07 bits per heavy atom. The second-order valence-corrected chi connectivity index (χ2v) is 5.36. The van der Waals surface area contributed by atoms with Crippen LogP contribution in [0.5, 0.6) is 0 Å². The summed E-state index contributed by atoms with van der Waals surface area (Å²) in [7, 11) is 0. The summed E-state index contributed by atoms with van der Waals surface area (Å²) in [5.74, 6) is 1.02. The molecule has 90 valence electrons. The monoisotopic (exact) mass is 212 g/mol. The van der Waals surface area contributed by atoms with E-state index in [0.717, 1.165) is 12.5 Å². The van der Waals surface area contributed by atoms with E-state index >= 15 is 0 Å². The molecule has 2 nitrogen and oxygen atoms in total. The Labute approximate surface area is 95.2 Å².